The molecule has 24 heavy (non-hydrogen) atoms. The third-order valence-electron chi connectivity index (χ3n) is 4.29. The number of nitrogens with zero attached hydrogens (tertiary/aromatic N) is 1. The lowest BCUT2D eigenvalue weighted by Crippen LogP contribution is -2.21. The van der Waals surface area contributed by atoms with Gasteiger partial charge in [-0.1, -0.05) is 24.3 Å². The first-order chi connectivity index (χ1) is 11.6. The van der Waals surface area contributed by atoms with Crippen molar-refractivity contribution in [2.45, 2.75) is 18.9 Å². The second-order valence-corrected chi connectivity index (χ2v) is 5.85. The van der Waals surface area contributed by atoms with Gasteiger partial charge in [-0.25, -0.2) is 9.37 Å². The number of hydrogen-bond acceptors (Lipinski definition) is 4. The van der Waals surface area contributed by atoms with Crippen molar-refractivity contribution in [3.63, 3.8) is 0 Å². The fraction of sp³-hybridized carbons (Fsp3) is 0.222. The number of hydrogen-bond donors (Lipinski definition) is 2. The van der Waals surface area contributed by atoms with Gasteiger partial charge in [-0.15, -0.1) is 0 Å². The maximum atomic E-state index is 13.5. The highest BCUT2D eigenvalue weighted by atomic mass is 19.1. The van der Waals surface area contributed by atoms with Gasteiger partial charge in [0.2, 0.25) is 0 Å². The number of fused-ring (bicyclic) bond motifs is 2. The maximum Gasteiger partial charge on any atom is 0.258 e. The van der Waals surface area contributed by atoms with E-state index in [1.807, 2.05) is 18.2 Å². The van der Waals surface area contributed by atoms with Crippen molar-refractivity contribution >= 4 is 10.9 Å². The lowest BCUT2D eigenvalue weighted by molar-refractivity contribution is 0.0414. The average molecular weight is 326 g/mol. The van der Waals surface area contributed by atoms with Crippen LogP contribution in [0.5, 0.6) is 5.75 Å². The number of H-pyrrole nitrogens is 1. The number of phenolic OH excluding ortho intramolecular Hbond substituents is 1. The summed E-state index contributed by atoms with van der Waals surface area (Å²) in [7, 11) is 0. The molecule has 122 valence electrons. The van der Waals surface area contributed by atoms with E-state index in [2.05, 4.69) is 16.0 Å². The minimum Gasteiger partial charge on any atom is -0.505 e. The highest BCUT2D eigenvalue weighted by Crippen LogP contribution is 2.29. The van der Waals surface area contributed by atoms with Gasteiger partial charge in [0.25, 0.3) is 5.56 Å². The molecule has 3 aromatic rings. The smallest absolute Gasteiger partial charge is 0.258 e. The van der Waals surface area contributed by atoms with E-state index in [-0.39, 0.29) is 17.0 Å². The van der Waals surface area contributed by atoms with Gasteiger partial charge >= 0.3 is 0 Å². The van der Waals surface area contributed by atoms with Crippen molar-refractivity contribution in [3.05, 3.63) is 69.5 Å². The highest BCUT2D eigenvalue weighted by molar-refractivity contribution is 5.79. The van der Waals surface area contributed by atoms with Crippen LogP contribution in [-0.2, 0) is 17.6 Å². The molecule has 0 saturated heterocycles. The number of aromatic nitrogens is 2. The molecule has 1 aliphatic heterocycles. The van der Waals surface area contributed by atoms with Crippen LogP contribution in [0.25, 0.3) is 10.9 Å². The van der Waals surface area contributed by atoms with Crippen LogP contribution >= 0.6 is 0 Å². The molecule has 6 heteroatoms. The highest BCUT2D eigenvalue weighted by Gasteiger charge is 2.22. The Bertz CT molecular complexity index is 984. The van der Waals surface area contributed by atoms with Gasteiger partial charge < -0.3 is 14.8 Å². The summed E-state index contributed by atoms with van der Waals surface area (Å²) >= 11 is 0. The summed E-state index contributed by atoms with van der Waals surface area (Å²) in [5, 5.41) is 9.56. The molecule has 0 aliphatic carbocycles. The molecule has 0 radical (unpaired) electrons. The Hall–Kier alpha value is -2.73. The molecule has 1 aromatic heterocycles. The van der Waals surface area contributed by atoms with Crippen LogP contribution in [-0.4, -0.2) is 21.7 Å². The molecule has 0 spiro atoms. The van der Waals surface area contributed by atoms with Gasteiger partial charge in [-0.05, 0) is 23.6 Å². The summed E-state index contributed by atoms with van der Waals surface area (Å²) in [5.74, 6) is -0.933. The number of aromatic hydroxyl groups is 1. The standard InChI is InChI=1S/C18H15FN2O3/c19-13-8-14-12(7-15(13)22)18(23)21-17(20-14)9-16-11-4-2-1-3-10(11)5-6-24-16/h1-4,7-8,16,22H,5-6,9H2,(H,20,21,23). The molecule has 4 rings (SSSR count). The Morgan fingerprint density at radius 2 is 2.17 bits per heavy atom. The fourth-order valence-corrected chi connectivity index (χ4v) is 3.12. The van der Waals surface area contributed by atoms with Crippen molar-refractivity contribution in [1.82, 2.24) is 9.97 Å². The molecule has 2 aromatic carbocycles. The van der Waals surface area contributed by atoms with Crippen molar-refractivity contribution in [1.29, 1.82) is 0 Å². The van der Waals surface area contributed by atoms with Crippen molar-refractivity contribution in [2.75, 3.05) is 6.61 Å². The number of halogens is 1. The van der Waals surface area contributed by atoms with E-state index in [0.717, 1.165) is 24.1 Å². The van der Waals surface area contributed by atoms with Gasteiger partial charge in [0.15, 0.2) is 11.6 Å². The van der Waals surface area contributed by atoms with Gasteiger partial charge in [0, 0.05) is 12.5 Å². The summed E-state index contributed by atoms with van der Waals surface area (Å²) in [6.07, 6.45) is 1.06. The van der Waals surface area contributed by atoms with Gasteiger partial charge in [-0.3, -0.25) is 4.79 Å². The van der Waals surface area contributed by atoms with E-state index >= 15 is 0 Å². The zero-order chi connectivity index (χ0) is 16.7. The van der Waals surface area contributed by atoms with Crippen LogP contribution < -0.4 is 5.56 Å². The first-order valence-electron chi connectivity index (χ1n) is 7.72. The third kappa shape index (κ3) is 2.55. The zero-order valence-electron chi connectivity index (χ0n) is 12.8. The first kappa shape index (κ1) is 14.8. The van der Waals surface area contributed by atoms with Gasteiger partial charge in [-0.2, -0.15) is 0 Å². The monoisotopic (exact) mass is 326 g/mol. The number of aromatic amines is 1. The number of nitrogens with one attached hydrogen (secondary N) is 1. The van der Waals surface area contributed by atoms with Crippen molar-refractivity contribution in [3.8, 4) is 5.75 Å². The molecule has 1 unspecified atom stereocenters. The molecule has 0 fully saturated rings. The molecular formula is C18H15FN2O3. The van der Waals surface area contributed by atoms with Crippen molar-refractivity contribution in [2.24, 2.45) is 0 Å². The summed E-state index contributed by atoms with van der Waals surface area (Å²) in [6, 6.07) is 10.2. The maximum absolute atomic E-state index is 13.5. The first-order valence-corrected chi connectivity index (χ1v) is 7.72. The van der Waals surface area contributed by atoms with E-state index in [9.17, 15) is 14.3 Å². The van der Waals surface area contributed by atoms with E-state index in [1.165, 1.54) is 5.56 Å². The Morgan fingerprint density at radius 1 is 1.33 bits per heavy atom. The normalized spacial score (nSPS) is 17.0. The molecule has 5 nitrogen and oxygen atoms in total. The van der Waals surface area contributed by atoms with E-state index < -0.39 is 17.1 Å². The molecular weight excluding hydrogens is 311 g/mol. The quantitative estimate of drug-likeness (QED) is 0.759. The Labute approximate surface area is 136 Å². The summed E-state index contributed by atoms with van der Waals surface area (Å²) < 4.78 is 19.4. The van der Waals surface area contributed by atoms with Gasteiger partial charge in [0.05, 0.1) is 23.6 Å². The summed E-state index contributed by atoms with van der Waals surface area (Å²) in [4.78, 5) is 19.2. The predicted molar refractivity (Wildman–Crippen MR) is 86.5 cm³/mol. The Kier molecular flexibility index (Phi) is 3.54. The Balaban J connectivity index is 1.73. The number of rotatable bonds is 2. The summed E-state index contributed by atoms with van der Waals surface area (Å²) in [6.45, 7) is 0.613. The molecule has 2 heterocycles. The van der Waals surface area contributed by atoms with Crippen LogP contribution in [0.2, 0.25) is 0 Å². The second-order valence-electron chi connectivity index (χ2n) is 5.85. The average Bonchev–Trinajstić information content (AvgIpc) is 2.57. The molecule has 0 bridgehead atoms. The molecule has 0 amide bonds. The topological polar surface area (TPSA) is 75.2 Å². The van der Waals surface area contributed by atoms with Crippen LogP contribution in [0.15, 0.2) is 41.2 Å². The largest absolute Gasteiger partial charge is 0.505 e. The SMILES string of the molecule is O=c1[nH]c(CC2OCCc3ccccc32)nc2cc(F)c(O)cc12. The molecule has 2 N–H and O–H groups in total. The lowest BCUT2D eigenvalue weighted by Gasteiger charge is -2.25. The Morgan fingerprint density at radius 3 is 3.04 bits per heavy atom. The van der Waals surface area contributed by atoms with E-state index in [4.69, 9.17) is 4.74 Å². The van der Waals surface area contributed by atoms with Crippen molar-refractivity contribution < 1.29 is 14.2 Å². The minimum absolute atomic E-state index is 0.155. The number of ether oxygens (including phenoxy) is 1. The molecule has 1 aliphatic rings. The van der Waals surface area contributed by atoms with Gasteiger partial charge in [0.1, 0.15) is 5.82 Å². The van der Waals surface area contributed by atoms with Crippen LogP contribution in [0.3, 0.4) is 0 Å². The van der Waals surface area contributed by atoms with Crippen LogP contribution in [0, 0.1) is 5.82 Å². The minimum atomic E-state index is -0.800. The van der Waals surface area contributed by atoms with Crippen LogP contribution in [0.1, 0.15) is 23.1 Å². The van der Waals surface area contributed by atoms with Crippen LogP contribution in [0.4, 0.5) is 4.39 Å². The van der Waals surface area contributed by atoms with E-state index in [1.54, 1.807) is 0 Å². The number of phenols is 1. The zero-order valence-corrected chi connectivity index (χ0v) is 12.8. The third-order valence-corrected chi connectivity index (χ3v) is 4.29. The molecule has 1 atom stereocenters. The summed E-state index contributed by atoms with van der Waals surface area (Å²) in [5.41, 5.74) is 2.12. The fourth-order valence-electron chi connectivity index (χ4n) is 3.12. The number of benzene rings is 2. The second kappa shape index (κ2) is 5.72. The predicted octanol–water partition coefficient (Wildman–Crippen LogP) is 2.62. The molecule has 0 saturated carbocycles. The van der Waals surface area contributed by atoms with E-state index in [0.29, 0.717) is 18.9 Å². The lowest BCUT2D eigenvalue weighted by atomic mass is 9.95.